The number of nitrogens with zero attached hydrogens (tertiary/aromatic N) is 1. The molecule has 1 saturated heterocycles. The fourth-order valence-electron chi connectivity index (χ4n) is 2.17. The molecule has 0 aromatic heterocycles. The number of halogens is 1. The first-order valence-corrected chi connectivity index (χ1v) is 6.16. The minimum Gasteiger partial charge on any atom is -0.309 e. The number of benzene rings is 1. The summed E-state index contributed by atoms with van der Waals surface area (Å²) in [7, 11) is 0. The molecule has 0 radical (unpaired) electrons. The van der Waals surface area contributed by atoms with E-state index in [2.05, 4.69) is 17.2 Å². The van der Waals surface area contributed by atoms with Crippen molar-refractivity contribution >= 4 is 5.71 Å². The summed E-state index contributed by atoms with van der Waals surface area (Å²) in [6.07, 6.45) is 2.41. The summed E-state index contributed by atoms with van der Waals surface area (Å²) < 4.78 is 13.1. The number of rotatable bonds is 3. The summed E-state index contributed by atoms with van der Waals surface area (Å²) >= 11 is 0. The van der Waals surface area contributed by atoms with Crippen molar-refractivity contribution in [3.8, 4) is 0 Å². The summed E-state index contributed by atoms with van der Waals surface area (Å²) in [5, 5.41) is 3.42. The fourth-order valence-corrected chi connectivity index (χ4v) is 2.17. The van der Waals surface area contributed by atoms with Gasteiger partial charge in [-0.05, 0) is 50.4 Å². The lowest BCUT2D eigenvalue weighted by Crippen LogP contribution is -2.28. The van der Waals surface area contributed by atoms with Gasteiger partial charge in [0.05, 0.1) is 6.54 Å². The highest BCUT2D eigenvalue weighted by molar-refractivity contribution is 5.87. The van der Waals surface area contributed by atoms with Gasteiger partial charge in [0, 0.05) is 11.8 Å². The largest absolute Gasteiger partial charge is 0.309 e. The number of aryl methyl sites for hydroxylation is 1. The van der Waals surface area contributed by atoms with Crippen molar-refractivity contribution in [2.45, 2.75) is 39.3 Å². The van der Waals surface area contributed by atoms with Crippen LogP contribution in [0.5, 0.6) is 0 Å². The van der Waals surface area contributed by atoms with Crippen molar-refractivity contribution in [2.24, 2.45) is 4.99 Å². The van der Waals surface area contributed by atoms with Crippen LogP contribution in [0.1, 0.15) is 30.9 Å². The molecule has 0 bridgehead atoms. The number of nitrogens with one attached hydrogen (secondary N) is 1. The zero-order valence-electron chi connectivity index (χ0n) is 10.5. The van der Waals surface area contributed by atoms with Crippen LogP contribution in [-0.4, -0.2) is 18.3 Å². The average Bonchev–Trinajstić information content (AvgIpc) is 2.84. The van der Waals surface area contributed by atoms with Crippen LogP contribution in [0.15, 0.2) is 23.2 Å². The number of aliphatic imine (C=N–C) groups is 1. The second kappa shape index (κ2) is 5.41. The molecule has 1 aliphatic heterocycles. The first kappa shape index (κ1) is 12.2. The van der Waals surface area contributed by atoms with Crippen molar-refractivity contribution in [1.29, 1.82) is 0 Å². The summed E-state index contributed by atoms with van der Waals surface area (Å²) in [6.45, 7) is 5.59. The highest BCUT2D eigenvalue weighted by Crippen LogP contribution is 2.12. The SMILES string of the molecule is CC(=NCc1ccc(F)c(C)c1)C1CCCN1. The van der Waals surface area contributed by atoms with E-state index in [1.54, 1.807) is 13.0 Å². The van der Waals surface area contributed by atoms with E-state index in [4.69, 9.17) is 0 Å². The van der Waals surface area contributed by atoms with Crippen LogP contribution in [0.25, 0.3) is 0 Å². The van der Waals surface area contributed by atoms with Crippen LogP contribution in [0.2, 0.25) is 0 Å². The first-order valence-electron chi connectivity index (χ1n) is 6.16. The molecular formula is C14H19FN2. The smallest absolute Gasteiger partial charge is 0.126 e. The topological polar surface area (TPSA) is 24.4 Å². The monoisotopic (exact) mass is 234 g/mol. The van der Waals surface area contributed by atoms with E-state index in [-0.39, 0.29) is 5.82 Å². The second-order valence-electron chi connectivity index (χ2n) is 4.69. The molecule has 1 heterocycles. The number of hydrogen-bond acceptors (Lipinski definition) is 2. The Labute approximate surface area is 102 Å². The fraction of sp³-hybridized carbons (Fsp3) is 0.500. The molecule has 0 spiro atoms. The van der Waals surface area contributed by atoms with E-state index in [9.17, 15) is 4.39 Å². The van der Waals surface area contributed by atoms with Gasteiger partial charge >= 0.3 is 0 Å². The van der Waals surface area contributed by atoms with Crippen molar-refractivity contribution in [3.05, 3.63) is 35.1 Å². The molecule has 1 aromatic rings. The van der Waals surface area contributed by atoms with Crippen molar-refractivity contribution < 1.29 is 4.39 Å². The Bertz CT molecular complexity index is 420. The molecule has 1 aromatic carbocycles. The van der Waals surface area contributed by atoms with Gasteiger partial charge in [0.1, 0.15) is 5.82 Å². The Hall–Kier alpha value is -1.22. The molecule has 2 nitrogen and oxygen atoms in total. The van der Waals surface area contributed by atoms with Gasteiger partial charge < -0.3 is 5.32 Å². The summed E-state index contributed by atoms with van der Waals surface area (Å²) in [4.78, 5) is 4.58. The molecule has 1 unspecified atom stereocenters. The molecule has 0 aliphatic carbocycles. The predicted molar refractivity (Wildman–Crippen MR) is 69.0 cm³/mol. The molecule has 1 aliphatic rings. The maximum Gasteiger partial charge on any atom is 0.126 e. The van der Waals surface area contributed by atoms with E-state index in [1.807, 2.05) is 6.07 Å². The lowest BCUT2D eigenvalue weighted by molar-refractivity contribution is 0.617. The van der Waals surface area contributed by atoms with Crippen LogP contribution in [0.4, 0.5) is 4.39 Å². The van der Waals surface area contributed by atoms with Crippen LogP contribution < -0.4 is 5.32 Å². The molecule has 92 valence electrons. The van der Waals surface area contributed by atoms with E-state index in [1.165, 1.54) is 18.9 Å². The van der Waals surface area contributed by atoms with Crippen molar-refractivity contribution in [2.75, 3.05) is 6.54 Å². The lowest BCUT2D eigenvalue weighted by Gasteiger charge is -2.09. The highest BCUT2D eigenvalue weighted by atomic mass is 19.1. The van der Waals surface area contributed by atoms with Gasteiger partial charge in [-0.15, -0.1) is 0 Å². The Balaban J connectivity index is 2.00. The minimum atomic E-state index is -0.146. The standard InChI is InChI=1S/C14H19FN2/c1-10-8-12(5-6-13(10)15)9-17-11(2)14-4-3-7-16-14/h5-6,8,14,16H,3-4,7,9H2,1-2H3. The summed E-state index contributed by atoms with van der Waals surface area (Å²) in [6, 6.07) is 5.63. The van der Waals surface area contributed by atoms with Gasteiger partial charge in [-0.1, -0.05) is 12.1 Å². The van der Waals surface area contributed by atoms with E-state index in [0.29, 0.717) is 18.2 Å². The first-order chi connectivity index (χ1) is 8.16. The quantitative estimate of drug-likeness (QED) is 0.799. The maximum atomic E-state index is 13.1. The molecule has 1 fully saturated rings. The highest BCUT2D eigenvalue weighted by Gasteiger charge is 2.16. The zero-order valence-corrected chi connectivity index (χ0v) is 10.5. The molecule has 1 N–H and O–H groups in total. The van der Waals surface area contributed by atoms with E-state index >= 15 is 0 Å². The van der Waals surface area contributed by atoms with Gasteiger partial charge in [-0.3, -0.25) is 4.99 Å². The Morgan fingerprint density at radius 3 is 3.00 bits per heavy atom. The van der Waals surface area contributed by atoms with Crippen LogP contribution in [0, 0.1) is 12.7 Å². The van der Waals surface area contributed by atoms with Crippen LogP contribution in [-0.2, 0) is 6.54 Å². The normalized spacial score (nSPS) is 20.9. The van der Waals surface area contributed by atoms with Gasteiger partial charge in [-0.2, -0.15) is 0 Å². The van der Waals surface area contributed by atoms with Gasteiger partial charge in [0.2, 0.25) is 0 Å². The van der Waals surface area contributed by atoms with Gasteiger partial charge in [0.25, 0.3) is 0 Å². The third kappa shape index (κ3) is 3.13. The summed E-state index contributed by atoms with van der Waals surface area (Å²) in [5.41, 5.74) is 2.92. The lowest BCUT2D eigenvalue weighted by atomic mass is 10.1. The molecule has 3 heteroatoms. The molecular weight excluding hydrogens is 215 g/mol. The molecule has 2 rings (SSSR count). The summed E-state index contributed by atoms with van der Waals surface area (Å²) in [5.74, 6) is -0.146. The Morgan fingerprint density at radius 1 is 1.53 bits per heavy atom. The third-order valence-electron chi connectivity index (χ3n) is 3.30. The molecule has 1 atom stereocenters. The average molecular weight is 234 g/mol. The van der Waals surface area contributed by atoms with Crippen LogP contribution in [0.3, 0.4) is 0 Å². The van der Waals surface area contributed by atoms with Gasteiger partial charge in [0.15, 0.2) is 0 Å². The molecule has 0 saturated carbocycles. The minimum absolute atomic E-state index is 0.146. The predicted octanol–water partition coefficient (Wildman–Crippen LogP) is 2.85. The number of hydrogen-bond donors (Lipinski definition) is 1. The van der Waals surface area contributed by atoms with Gasteiger partial charge in [-0.25, -0.2) is 4.39 Å². The third-order valence-corrected chi connectivity index (χ3v) is 3.30. The van der Waals surface area contributed by atoms with Crippen LogP contribution >= 0.6 is 0 Å². The molecule has 0 amide bonds. The zero-order chi connectivity index (χ0) is 12.3. The Kier molecular flexibility index (Phi) is 3.89. The molecule has 17 heavy (non-hydrogen) atoms. The Morgan fingerprint density at radius 2 is 2.35 bits per heavy atom. The van der Waals surface area contributed by atoms with E-state index < -0.39 is 0 Å². The van der Waals surface area contributed by atoms with Crippen molar-refractivity contribution in [1.82, 2.24) is 5.32 Å². The maximum absolute atomic E-state index is 13.1. The van der Waals surface area contributed by atoms with Crippen molar-refractivity contribution in [3.63, 3.8) is 0 Å². The second-order valence-corrected chi connectivity index (χ2v) is 4.69. The van der Waals surface area contributed by atoms with E-state index in [0.717, 1.165) is 17.8 Å².